The fourth-order valence-electron chi connectivity index (χ4n) is 2.77. The summed E-state index contributed by atoms with van der Waals surface area (Å²) in [5.41, 5.74) is 0. The van der Waals surface area contributed by atoms with E-state index in [-0.39, 0.29) is 11.5 Å². The van der Waals surface area contributed by atoms with Gasteiger partial charge in [0.25, 0.3) is 0 Å². The molecule has 0 bridgehead atoms. The van der Waals surface area contributed by atoms with Crippen LogP contribution in [0.25, 0.3) is 10.8 Å². The van der Waals surface area contributed by atoms with Crippen molar-refractivity contribution in [3.05, 3.63) is 60.4 Å². The standard InChI is InChI=1S/C18H12O5/c1-11(19)21-16-10-13(20)8-9-18(16)22-14-6-2-4-12-5-3-7-15(23-18)17(12)14/h2-10H,1H3. The number of ether oxygens (including phenoxy) is 3. The van der Waals surface area contributed by atoms with Crippen molar-refractivity contribution in [2.75, 3.05) is 0 Å². The summed E-state index contributed by atoms with van der Waals surface area (Å²) in [6.07, 6.45) is 4.00. The van der Waals surface area contributed by atoms with Crippen molar-refractivity contribution in [2.45, 2.75) is 12.7 Å². The Hall–Kier alpha value is -3.08. The average Bonchev–Trinajstić information content (AvgIpc) is 2.51. The fourth-order valence-corrected chi connectivity index (χ4v) is 2.77. The lowest BCUT2D eigenvalue weighted by Crippen LogP contribution is -2.47. The Bertz CT molecular complexity index is 866. The van der Waals surface area contributed by atoms with Crippen LogP contribution in [0.4, 0.5) is 0 Å². The van der Waals surface area contributed by atoms with Crippen LogP contribution in [0.15, 0.2) is 60.4 Å². The van der Waals surface area contributed by atoms with E-state index in [0.29, 0.717) is 11.5 Å². The molecule has 0 aromatic heterocycles. The summed E-state index contributed by atoms with van der Waals surface area (Å²) in [7, 11) is 0. The van der Waals surface area contributed by atoms with Gasteiger partial charge in [0.05, 0.1) is 5.39 Å². The molecule has 0 radical (unpaired) electrons. The third kappa shape index (κ3) is 2.09. The fraction of sp³-hybridized carbons (Fsp3) is 0.111. The first-order valence-electron chi connectivity index (χ1n) is 7.11. The molecule has 1 heterocycles. The smallest absolute Gasteiger partial charge is 0.332 e. The SMILES string of the molecule is CC(=O)OC1=CC(=O)C=CC12Oc1cccc3cccc(c13)O2. The Morgan fingerprint density at radius 3 is 2.35 bits per heavy atom. The number of carbonyl (C=O) groups is 2. The normalized spacial score (nSPS) is 17.4. The van der Waals surface area contributed by atoms with Crippen LogP contribution in [-0.2, 0) is 14.3 Å². The van der Waals surface area contributed by atoms with Crippen molar-refractivity contribution >= 4 is 22.5 Å². The van der Waals surface area contributed by atoms with Gasteiger partial charge in [0, 0.05) is 19.1 Å². The van der Waals surface area contributed by atoms with Crippen LogP contribution in [-0.4, -0.2) is 17.5 Å². The number of carbonyl (C=O) groups excluding carboxylic acids is 2. The zero-order valence-electron chi connectivity index (χ0n) is 12.2. The van der Waals surface area contributed by atoms with Crippen molar-refractivity contribution in [1.29, 1.82) is 0 Å². The van der Waals surface area contributed by atoms with Gasteiger partial charge in [0.15, 0.2) is 5.78 Å². The third-order valence-corrected chi connectivity index (χ3v) is 3.69. The lowest BCUT2D eigenvalue weighted by Gasteiger charge is -2.37. The minimum Gasteiger partial charge on any atom is -0.442 e. The van der Waals surface area contributed by atoms with Gasteiger partial charge in [-0.2, -0.15) is 0 Å². The molecular formula is C18H12O5. The Kier molecular flexibility index (Phi) is 2.78. The van der Waals surface area contributed by atoms with Crippen molar-refractivity contribution in [2.24, 2.45) is 0 Å². The van der Waals surface area contributed by atoms with Crippen LogP contribution in [0.3, 0.4) is 0 Å². The number of rotatable bonds is 1. The molecule has 1 aliphatic heterocycles. The minimum absolute atomic E-state index is 0.0176. The van der Waals surface area contributed by atoms with Crippen LogP contribution in [0.1, 0.15) is 6.92 Å². The van der Waals surface area contributed by atoms with Crippen LogP contribution < -0.4 is 9.47 Å². The highest BCUT2D eigenvalue weighted by atomic mass is 16.7. The monoisotopic (exact) mass is 308 g/mol. The molecule has 1 aliphatic carbocycles. The van der Waals surface area contributed by atoms with Crippen LogP contribution in [0.2, 0.25) is 0 Å². The van der Waals surface area contributed by atoms with Gasteiger partial charge < -0.3 is 14.2 Å². The van der Waals surface area contributed by atoms with E-state index in [2.05, 4.69) is 0 Å². The van der Waals surface area contributed by atoms with E-state index in [0.717, 1.165) is 10.8 Å². The molecule has 0 atom stereocenters. The Balaban J connectivity index is 1.87. The molecule has 2 aliphatic rings. The topological polar surface area (TPSA) is 61.8 Å². The number of benzene rings is 2. The Labute approximate surface area is 131 Å². The summed E-state index contributed by atoms with van der Waals surface area (Å²) in [6, 6.07) is 11.3. The van der Waals surface area contributed by atoms with Gasteiger partial charge >= 0.3 is 11.8 Å². The second kappa shape index (κ2) is 4.71. The first-order chi connectivity index (χ1) is 11.1. The summed E-state index contributed by atoms with van der Waals surface area (Å²) >= 11 is 0. The molecule has 0 N–H and O–H groups in total. The van der Waals surface area contributed by atoms with E-state index in [4.69, 9.17) is 14.2 Å². The first-order valence-corrected chi connectivity index (χ1v) is 7.11. The highest BCUT2D eigenvalue weighted by molar-refractivity contribution is 6.01. The van der Waals surface area contributed by atoms with E-state index in [1.807, 2.05) is 36.4 Å². The second-order valence-corrected chi connectivity index (χ2v) is 5.32. The van der Waals surface area contributed by atoms with Gasteiger partial charge in [0.2, 0.25) is 5.76 Å². The Morgan fingerprint density at radius 1 is 1.09 bits per heavy atom. The molecule has 2 aromatic carbocycles. The summed E-state index contributed by atoms with van der Waals surface area (Å²) in [5, 5.41) is 1.82. The van der Waals surface area contributed by atoms with E-state index in [9.17, 15) is 9.59 Å². The Morgan fingerprint density at radius 2 is 1.74 bits per heavy atom. The summed E-state index contributed by atoms with van der Waals surface area (Å²) in [5.74, 6) is -1.09. The number of esters is 1. The van der Waals surface area contributed by atoms with Crippen molar-refractivity contribution < 1.29 is 23.8 Å². The summed E-state index contributed by atoms with van der Waals surface area (Å²) in [6.45, 7) is 1.26. The van der Waals surface area contributed by atoms with Gasteiger partial charge in [-0.1, -0.05) is 24.3 Å². The number of ketones is 1. The molecule has 5 heteroatoms. The second-order valence-electron chi connectivity index (χ2n) is 5.32. The number of allylic oxidation sites excluding steroid dienone is 2. The lowest BCUT2D eigenvalue weighted by molar-refractivity contribution is -0.147. The molecule has 23 heavy (non-hydrogen) atoms. The maximum Gasteiger partial charge on any atom is 0.332 e. The van der Waals surface area contributed by atoms with Gasteiger partial charge in [-0.25, -0.2) is 0 Å². The molecule has 4 rings (SSSR count). The quantitative estimate of drug-likeness (QED) is 0.758. The molecule has 0 saturated carbocycles. The maximum atomic E-state index is 11.7. The molecule has 2 aromatic rings. The molecule has 1 spiro atoms. The van der Waals surface area contributed by atoms with Gasteiger partial charge in [-0.3, -0.25) is 9.59 Å². The van der Waals surface area contributed by atoms with Crippen LogP contribution >= 0.6 is 0 Å². The zero-order valence-corrected chi connectivity index (χ0v) is 12.2. The average molecular weight is 308 g/mol. The van der Waals surface area contributed by atoms with Crippen molar-refractivity contribution in [1.82, 2.24) is 0 Å². The largest absolute Gasteiger partial charge is 0.442 e. The highest BCUT2D eigenvalue weighted by Gasteiger charge is 2.45. The molecule has 0 saturated heterocycles. The molecule has 5 nitrogen and oxygen atoms in total. The maximum absolute atomic E-state index is 11.7. The highest BCUT2D eigenvalue weighted by Crippen LogP contribution is 2.44. The molecular weight excluding hydrogens is 296 g/mol. The molecule has 0 fully saturated rings. The number of hydrogen-bond acceptors (Lipinski definition) is 5. The third-order valence-electron chi connectivity index (χ3n) is 3.69. The minimum atomic E-state index is -1.46. The van der Waals surface area contributed by atoms with Gasteiger partial charge in [-0.05, 0) is 23.6 Å². The predicted molar refractivity (Wildman–Crippen MR) is 81.9 cm³/mol. The van der Waals surface area contributed by atoms with Crippen LogP contribution in [0, 0.1) is 0 Å². The van der Waals surface area contributed by atoms with Crippen molar-refractivity contribution in [3.8, 4) is 11.5 Å². The lowest BCUT2D eigenvalue weighted by atomic mass is 10.0. The predicted octanol–water partition coefficient (Wildman–Crippen LogP) is 2.89. The molecule has 114 valence electrons. The molecule has 0 amide bonds. The first kappa shape index (κ1) is 13.6. The van der Waals surface area contributed by atoms with E-state index in [1.165, 1.54) is 25.2 Å². The zero-order chi connectivity index (χ0) is 16.0. The van der Waals surface area contributed by atoms with E-state index in [1.54, 1.807) is 0 Å². The van der Waals surface area contributed by atoms with E-state index < -0.39 is 11.8 Å². The summed E-state index contributed by atoms with van der Waals surface area (Å²) in [4.78, 5) is 23.0. The summed E-state index contributed by atoms with van der Waals surface area (Å²) < 4.78 is 17.1. The van der Waals surface area contributed by atoms with Gasteiger partial charge in [0.1, 0.15) is 11.5 Å². The van der Waals surface area contributed by atoms with E-state index >= 15 is 0 Å². The van der Waals surface area contributed by atoms with Crippen molar-refractivity contribution in [3.63, 3.8) is 0 Å². The molecule has 0 unspecified atom stereocenters. The van der Waals surface area contributed by atoms with Gasteiger partial charge in [-0.15, -0.1) is 0 Å². The number of hydrogen-bond donors (Lipinski definition) is 0. The van der Waals surface area contributed by atoms with Crippen LogP contribution in [0.5, 0.6) is 11.5 Å².